The summed E-state index contributed by atoms with van der Waals surface area (Å²) in [6.07, 6.45) is 8.62. The first-order valence-electron chi connectivity index (χ1n) is 10.4. The zero-order chi connectivity index (χ0) is 23.2. The highest BCUT2D eigenvalue weighted by atomic mass is 16.5. The van der Waals surface area contributed by atoms with E-state index in [4.69, 9.17) is 10.5 Å². The molecule has 32 heavy (non-hydrogen) atoms. The van der Waals surface area contributed by atoms with Crippen LogP contribution in [0.2, 0.25) is 0 Å². The summed E-state index contributed by atoms with van der Waals surface area (Å²) in [5.74, 6) is 1.44. The third-order valence-electron chi connectivity index (χ3n) is 4.39. The molecule has 0 unspecified atom stereocenters. The van der Waals surface area contributed by atoms with Crippen LogP contribution in [0.5, 0.6) is 11.8 Å². The van der Waals surface area contributed by atoms with Gasteiger partial charge in [-0.25, -0.2) is 0 Å². The molecule has 9 heteroatoms. The Balaban J connectivity index is 2.03. The standard InChI is InChI=1S/C23H32N8O/c1-5-30(6-2)17-9-15-25-21-27-22(26-16-10-18-31(7-3)8-4)29-23(28-21)32-20-13-11-19(24)12-14-20/h5-8,11-14H,1-4,9-10,15-18,24H2,(H2,25,26,27,28,29). The van der Waals surface area contributed by atoms with Crippen LogP contribution >= 0.6 is 0 Å². The van der Waals surface area contributed by atoms with Gasteiger partial charge in [0.15, 0.2) is 0 Å². The molecule has 4 N–H and O–H groups in total. The molecule has 0 radical (unpaired) electrons. The summed E-state index contributed by atoms with van der Waals surface area (Å²) < 4.78 is 5.81. The van der Waals surface area contributed by atoms with Gasteiger partial charge in [-0.1, -0.05) is 26.3 Å². The van der Waals surface area contributed by atoms with Gasteiger partial charge in [-0.05, 0) is 61.9 Å². The summed E-state index contributed by atoms with van der Waals surface area (Å²) >= 11 is 0. The van der Waals surface area contributed by atoms with E-state index in [2.05, 4.69) is 51.9 Å². The first-order valence-corrected chi connectivity index (χ1v) is 10.4. The van der Waals surface area contributed by atoms with Crippen LogP contribution in [0.3, 0.4) is 0 Å². The van der Waals surface area contributed by atoms with Crippen LogP contribution in [0, 0.1) is 0 Å². The number of rotatable bonds is 16. The van der Waals surface area contributed by atoms with E-state index in [1.54, 1.807) is 49.1 Å². The molecular weight excluding hydrogens is 404 g/mol. The maximum atomic E-state index is 5.81. The van der Waals surface area contributed by atoms with Gasteiger partial charge in [0.2, 0.25) is 11.9 Å². The SMILES string of the molecule is C=CN(C=C)CCCNc1nc(NCCCN(C=C)C=C)nc(Oc2ccc(N)cc2)n1. The minimum atomic E-state index is 0.187. The van der Waals surface area contributed by atoms with Gasteiger partial charge in [0.25, 0.3) is 0 Å². The largest absolute Gasteiger partial charge is 0.424 e. The molecule has 170 valence electrons. The van der Waals surface area contributed by atoms with Crippen molar-refractivity contribution in [3.8, 4) is 11.8 Å². The monoisotopic (exact) mass is 436 g/mol. The van der Waals surface area contributed by atoms with Gasteiger partial charge in [0, 0.05) is 31.9 Å². The fourth-order valence-electron chi connectivity index (χ4n) is 2.64. The Kier molecular flexibility index (Phi) is 10.1. The van der Waals surface area contributed by atoms with Crippen LogP contribution in [0.25, 0.3) is 0 Å². The first kappa shape index (κ1) is 24.3. The molecule has 0 aliphatic rings. The molecule has 2 aromatic rings. The van der Waals surface area contributed by atoms with Crippen molar-refractivity contribution in [2.45, 2.75) is 12.8 Å². The van der Waals surface area contributed by atoms with Crippen molar-refractivity contribution in [1.82, 2.24) is 24.8 Å². The Morgan fingerprint density at radius 1 is 0.781 bits per heavy atom. The lowest BCUT2D eigenvalue weighted by molar-refractivity contribution is 0.441. The van der Waals surface area contributed by atoms with Gasteiger partial charge in [-0.3, -0.25) is 0 Å². The molecule has 2 rings (SSSR count). The summed E-state index contributed by atoms with van der Waals surface area (Å²) in [4.78, 5) is 17.0. The average Bonchev–Trinajstić information content (AvgIpc) is 2.81. The molecule has 0 fully saturated rings. The van der Waals surface area contributed by atoms with E-state index < -0.39 is 0 Å². The molecule has 1 aromatic heterocycles. The highest BCUT2D eigenvalue weighted by Gasteiger charge is 2.09. The zero-order valence-corrected chi connectivity index (χ0v) is 18.4. The highest BCUT2D eigenvalue weighted by molar-refractivity contribution is 5.43. The maximum Gasteiger partial charge on any atom is 0.328 e. The number of benzene rings is 1. The van der Waals surface area contributed by atoms with Crippen molar-refractivity contribution >= 4 is 17.6 Å². The minimum absolute atomic E-state index is 0.187. The fourth-order valence-corrected chi connectivity index (χ4v) is 2.64. The van der Waals surface area contributed by atoms with Gasteiger partial charge in [-0.15, -0.1) is 0 Å². The number of aromatic nitrogens is 3. The van der Waals surface area contributed by atoms with E-state index in [0.29, 0.717) is 36.4 Å². The van der Waals surface area contributed by atoms with E-state index in [1.165, 1.54) is 0 Å². The predicted molar refractivity (Wildman–Crippen MR) is 131 cm³/mol. The fraction of sp³-hybridized carbons (Fsp3) is 0.261. The van der Waals surface area contributed by atoms with Gasteiger partial charge in [-0.2, -0.15) is 15.0 Å². The number of nitrogens with one attached hydrogen (secondary N) is 2. The number of hydrogen-bond donors (Lipinski definition) is 3. The minimum Gasteiger partial charge on any atom is -0.424 e. The number of nitrogens with zero attached hydrogens (tertiary/aromatic N) is 5. The molecule has 1 aromatic carbocycles. The van der Waals surface area contributed by atoms with Crippen LogP contribution < -0.4 is 21.1 Å². The molecule has 0 aliphatic heterocycles. The summed E-state index contributed by atoms with van der Waals surface area (Å²) in [7, 11) is 0. The summed E-state index contributed by atoms with van der Waals surface area (Å²) in [5, 5.41) is 6.44. The maximum absolute atomic E-state index is 5.81. The highest BCUT2D eigenvalue weighted by Crippen LogP contribution is 2.21. The van der Waals surface area contributed by atoms with Crippen molar-refractivity contribution in [3.05, 3.63) is 75.4 Å². The van der Waals surface area contributed by atoms with E-state index in [-0.39, 0.29) is 6.01 Å². The van der Waals surface area contributed by atoms with E-state index in [0.717, 1.165) is 25.9 Å². The lowest BCUT2D eigenvalue weighted by atomic mass is 10.3. The van der Waals surface area contributed by atoms with Crippen LogP contribution in [-0.4, -0.2) is 50.9 Å². The second-order valence-electron chi connectivity index (χ2n) is 6.70. The average molecular weight is 437 g/mol. The first-order chi connectivity index (χ1) is 15.6. The van der Waals surface area contributed by atoms with Gasteiger partial charge >= 0.3 is 6.01 Å². The van der Waals surface area contributed by atoms with Crippen molar-refractivity contribution in [3.63, 3.8) is 0 Å². The molecular formula is C23H32N8O. The number of nitrogens with two attached hydrogens (primary N) is 1. The molecule has 0 aliphatic carbocycles. The van der Waals surface area contributed by atoms with Gasteiger partial charge in [0.05, 0.1) is 0 Å². The Bertz CT molecular complexity index is 822. The number of anilines is 3. The molecule has 1 heterocycles. The van der Waals surface area contributed by atoms with Crippen molar-refractivity contribution in [2.24, 2.45) is 0 Å². The van der Waals surface area contributed by atoms with Crippen LogP contribution in [0.1, 0.15) is 12.8 Å². The molecule has 9 nitrogen and oxygen atoms in total. The third kappa shape index (κ3) is 8.39. The summed E-state index contributed by atoms with van der Waals surface area (Å²) in [6.45, 7) is 17.9. The zero-order valence-electron chi connectivity index (χ0n) is 18.4. The Hall–Kier alpha value is -4.01. The second kappa shape index (κ2) is 13.3. The van der Waals surface area contributed by atoms with E-state index in [9.17, 15) is 0 Å². The van der Waals surface area contributed by atoms with Crippen molar-refractivity contribution < 1.29 is 4.74 Å². The molecule has 0 atom stereocenters. The molecule has 0 saturated carbocycles. The van der Waals surface area contributed by atoms with Crippen LogP contribution in [0.15, 0.2) is 75.4 Å². The summed E-state index contributed by atoms with van der Waals surface area (Å²) in [5.41, 5.74) is 6.39. The quantitative estimate of drug-likeness (QED) is 0.266. The van der Waals surface area contributed by atoms with Crippen molar-refractivity contribution in [1.29, 1.82) is 0 Å². The van der Waals surface area contributed by atoms with Crippen LogP contribution in [-0.2, 0) is 0 Å². The normalized spacial score (nSPS) is 10.0. The molecule has 0 bridgehead atoms. The van der Waals surface area contributed by atoms with E-state index in [1.807, 2.05) is 9.80 Å². The molecule has 0 spiro atoms. The number of hydrogen-bond acceptors (Lipinski definition) is 9. The van der Waals surface area contributed by atoms with Crippen LogP contribution in [0.4, 0.5) is 17.6 Å². The van der Waals surface area contributed by atoms with Gasteiger partial charge < -0.3 is 30.9 Å². The number of ether oxygens (including phenoxy) is 1. The van der Waals surface area contributed by atoms with Crippen molar-refractivity contribution in [2.75, 3.05) is 42.5 Å². The topological polar surface area (TPSA) is 104 Å². The van der Waals surface area contributed by atoms with E-state index >= 15 is 0 Å². The number of nitrogen functional groups attached to an aromatic ring is 1. The Morgan fingerprint density at radius 2 is 1.25 bits per heavy atom. The molecule has 0 saturated heterocycles. The molecule has 0 amide bonds. The Labute approximate surface area is 190 Å². The lowest BCUT2D eigenvalue weighted by Gasteiger charge is -2.15. The summed E-state index contributed by atoms with van der Waals surface area (Å²) in [6, 6.07) is 7.22. The van der Waals surface area contributed by atoms with Gasteiger partial charge in [0.1, 0.15) is 5.75 Å². The lowest BCUT2D eigenvalue weighted by Crippen LogP contribution is -2.17. The predicted octanol–water partition coefficient (Wildman–Crippen LogP) is 4.03. The third-order valence-corrected chi connectivity index (χ3v) is 4.39. The Morgan fingerprint density at radius 3 is 1.69 bits per heavy atom. The second-order valence-corrected chi connectivity index (χ2v) is 6.70. The smallest absolute Gasteiger partial charge is 0.328 e.